The summed E-state index contributed by atoms with van der Waals surface area (Å²) in [6.07, 6.45) is 4.23. The number of nitrogens with one attached hydrogen (secondary N) is 2. The highest BCUT2D eigenvalue weighted by atomic mass is 32.2. The highest BCUT2D eigenvalue weighted by Crippen LogP contribution is 2.24. The number of amides is 3. The lowest BCUT2D eigenvalue weighted by Crippen LogP contribution is -2.35. The Balaban J connectivity index is 1.48. The number of urea groups is 1. The van der Waals surface area contributed by atoms with Crippen LogP contribution in [0.1, 0.15) is 29.8 Å². The third-order valence-electron chi connectivity index (χ3n) is 5.46. The van der Waals surface area contributed by atoms with Gasteiger partial charge in [0.25, 0.3) is 5.91 Å². The Kier molecular flexibility index (Phi) is 5.52. The van der Waals surface area contributed by atoms with E-state index in [9.17, 15) is 18.0 Å². The highest BCUT2D eigenvalue weighted by molar-refractivity contribution is 7.89. The van der Waals surface area contributed by atoms with Crippen LogP contribution in [-0.2, 0) is 17.1 Å². The molecule has 3 heterocycles. The minimum Gasteiger partial charge on any atom is -0.345 e. The Hall–Kier alpha value is -2.85. The average Bonchev–Trinajstić information content (AvgIpc) is 3.35. The fourth-order valence-corrected chi connectivity index (χ4v) is 5.38. The quantitative estimate of drug-likeness (QED) is 0.755. The summed E-state index contributed by atoms with van der Waals surface area (Å²) in [6.45, 7) is 2.23. The van der Waals surface area contributed by atoms with Crippen molar-refractivity contribution in [3.63, 3.8) is 0 Å². The molecule has 0 aliphatic carbocycles. The summed E-state index contributed by atoms with van der Waals surface area (Å²) in [4.78, 5) is 26.2. The zero-order valence-electron chi connectivity index (χ0n) is 16.8. The van der Waals surface area contributed by atoms with E-state index < -0.39 is 15.9 Å². The molecule has 0 spiro atoms. The number of benzene rings is 1. The Morgan fingerprint density at radius 3 is 2.40 bits per heavy atom. The van der Waals surface area contributed by atoms with E-state index in [0.717, 1.165) is 24.9 Å². The van der Waals surface area contributed by atoms with Crippen molar-refractivity contribution in [1.29, 1.82) is 0 Å². The molecule has 9 nitrogen and oxygen atoms in total. The Morgan fingerprint density at radius 1 is 1.07 bits per heavy atom. The number of rotatable bonds is 5. The van der Waals surface area contributed by atoms with Gasteiger partial charge in [0.2, 0.25) is 10.0 Å². The lowest BCUT2D eigenvalue weighted by atomic mass is 10.2. The second kappa shape index (κ2) is 8.11. The van der Waals surface area contributed by atoms with Crippen LogP contribution in [0.15, 0.2) is 41.4 Å². The van der Waals surface area contributed by atoms with E-state index in [-0.39, 0.29) is 16.6 Å². The molecule has 3 amide bonds. The van der Waals surface area contributed by atoms with E-state index in [0.29, 0.717) is 31.9 Å². The molecule has 2 saturated heterocycles. The second-order valence-corrected chi connectivity index (χ2v) is 9.46. The van der Waals surface area contributed by atoms with Crippen LogP contribution >= 0.6 is 0 Å². The lowest BCUT2D eigenvalue weighted by molar-refractivity contribution is 0.101. The number of aryl methyl sites for hydroxylation is 1. The van der Waals surface area contributed by atoms with Gasteiger partial charge in [-0.2, -0.15) is 4.31 Å². The fraction of sp³-hybridized carbons (Fsp3) is 0.400. The molecule has 4 rings (SSSR count). The predicted octanol–water partition coefficient (Wildman–Crippen LogP) is 1.98. The molecule has 10 heteroatoms. The van der Waals surface area contributed by atoms with Crippen molar-refractivity contribution in [3.8, 4) is 0 Å². The molecule has 30 heavy (non-hydrogen) atoms. The molecule has 1 aromatic heterocycles. The second-order valence-electron chi connectivity index (χ2n) is 7.52. The number of sulfonamides is 1. The SMILES string of the molecule is Cn1cc(S(=O)(=O)N2CCCCC2)cc1C(=O)Nc1ccc(N2CCNC2=O)cc1. The van der Waals surface area contributed by atoms with Crippen LogP contribution in [0.4, 0.5) is 16.2 Å². The van der Waals surface area contributed by atoms with Gasteiger partial charge in [-0.1, -0.05) is 6.42 Å². The van der Waals surface area contributed by atoms with E-state index in [1.807, 2.05) is 0 Å². The van der Waals surface area contributed by atoms with Crippen molar-refractivity contribution in [1.82, 2.24) is 14.2 Å². The Bertz CT molecular complexity index is 1060. The van der Waals surface area contributed by atoms with Crippen molar-refractivity contribution >= 4 is 33.3 Å². The zero-order valence-corrected chi connectivity index (χ0v) is 17.6. The van der Waals surface area contributed by atoms with Crippen LogP contribution < -0.4 is 15.5 Å². The van der Waals surface area contributed by atoms with Gasteiger partial charge in [-0.25, -0.2) is 13.2 Å². The first-order valence-electron chi connectivity index (χ1n) is 9.99. The maximum atomic E-state index is 12.9. The van der Waals surface area contributed by atoms with Crippen LogP contribution in [0.2, 0.25) is 0 Å². The van der Waals surface area contributed by atoms with Crippen LogP contribution in [0.3, 0.4) is 0 Å². The number of carbonyl (C=O) groups excluding carboxylic acids is 2. The fourth-order valence-electron chi connectivity index (χ4n) is 3.79. The van der Waals surface area contributed by atoms with Crippen LogP contribution in [0, 0.1) is 0 Å². The van der Waals surface area contributed by atoms with Crippen molar-refractivity contribution in [2.24, 2.45) is 7.05 Å². The topological polar surface area (TPSA) is 104 Å². The summed E-state index contributed by atoms with van der Waals surface area (Å²) < 4.78 is 28.7. The van der Waals surface area contributed by atoms with Gasteiger partial charge in [-0.05, 0) is 43.2 Å². The molecule has 0 unspecified atom stereocenters. The number of nitrogens with zero attached hydrogens (tertiary/aromatic N) is 3. The minimum absolute atomic E-state index is 0.132. The summed E-state index contributed by atoms with van der Waals surface area (Å²) in [5, 5.41) is 5.53. The Morgan fingerprint density at radius 2 is 1.77 bits per heavy atom. The zero-order chi connectivity index (χ0) is 21.3. The standard InChI is InChI=1S/C20H25N5O4S/c1-23-14-17(30(28,29)24-10-3-2-4-11-24)13-18(23)19(26)22-15-5-7-16(8-6-15)25-12-9-21-20(25)27/h5-8,13-14H,2-4,9-12H2,1H3,(H,21,27)(H,22,26). The molecule has 0 atom stereocenters. The smallest absolute Gasteiger partial charge is 0.321 e. The number of aromatic nitrogens is 1. The largest absolute Gasteiger partial charge is 0.345 e. The molecule has 160 valence electrons. The molecule has 2 fully saturated rings. The van der Waals surface area contributed by atoms with E-state index in [1.165, 1.54) is 21.1 Å². The average molecular weight is 432 g/mol. The first kappa shape index (κ1) is 20.4. The van der Waals surface area contributed by atoms with E-state index in [1.54, 1.807) is 36.2 Å². The third-order valence-corrected chi connectivity index (χ3v) is 7.32. The van der Waals surface area contributed by atoms with Gasteiger partial charge in [-0.15, -0.1) is 0 Å². The van der Waals surface area contributed by atoms with Crippen molar-refractivity contribution < 1.29 is 18.0 Å². The van der Waals surface area contributed by atoms with Crippen LogP contribution in [-0.4, -0.2) is 55.4 Å². The summed E-state index contributed by atoms with van der Waals surface area (Å²) in [7, 11) is -1.95. The maximum Gasteiger partial charge on any atom is 0.321 e. The van der Waals surface area contributed by atoms with Gasteiger partial charge < -0.3 is 15.2 Å². The van der Waals surface area contributed by atoms with Crippen LogP contribution in [0.25, 0.3) is 0 Å². The molecule has 0 bridgehead atoms. The summed E-state index contributed by atoms with van der Waals surface area (Å²) in [5.41, 5.74) is 1.57. The van der Waals surface area contributed by atoms with Gasteiger partial charge in [0, 0.05) is 50.8 Å². The molecule has 2 aliphatic heterocycles. The Labute approximate surface area is 175 Å². The summed E-state index contributed by atoms with van der Waals surface area (Å²) in [6, 6.07) is 8.23. The first-order valence-corrected chi connectivity index (χ1v) is 11.4. The van der Waals surface area contributed by atoms with Gasteiger partial charge in [0.1, 0.15) is 10.6 Å². The van der Waals surface area contributed by atoms with E-state index in [4.69, 9.17) is 0 Å². The van der Waals surface area contributed by atoms with Gasteiger partial charge in [0.05, 0.1) is 0 Å². The number of hydrogen-bond acceptors (Lipinski definition) is 4. The third kappa shape index (κ3) is 3.92. The summed E-state index contributed by atoms with van der Waals surface area (Å²) in [5.74, 6) is -0.399. The normalized spacial score (nSPS) is 17.8. The molecular formula is C20H25N5O4S. The molecular weight excluding hydrogens is 406 g/mol. The molecule has 2 aromatic rings. The van der Waals surface area contributed by atoms with E-state index >= 15 is 0 Å². The molecule has 1 aromatic carbocycles. The molecule has 2 N–H and O–H groups in total. The molecule has 0 saturated carbocycles. The number of anilines is 2. The van der Waals surface area contributed by atoms with Gasteiger partial charge in [0.15, 0.2) is 0 Å². The number of hydrogen-bond donors (Lipinski definition) is 2. The number of carbonyl (C=O) groups is 2. The molecule has 0 radical (unpaired) electrons. The van der Waals surface area contributed by atoms with Gasteiger partial charge in [-0.3, -0.25) is 9.69 Å². The van der Waals surface area contributed by atoms with Crippen molar-refractivity contribution in [2.45, 2.75) is 24.2 Å². The highest BCUT2D eigenvalue weighted by Gasteiger charge is 2.28. The van der Waals surface area contributed by atoms with Crippen molar-refractivity contribution in [3.05, 3.63) is 42.2 Å². The first-order chi connectivity index (χ1) is 14.4. The molecule has 2 aliphatic rings. The monoisotopic (exact) mass is 431 g/mol. The van der Waals surface area contributed by atoms with E-state index in [2.05, 4.69) is 10.6 Å². The van der Waals surface area contributed by atoms with Crippen LogP contribution in [0.5, 0.6) is 0 Å². The predicted molar refractivity (Wildman–Crippen MR) is 113 cm³/mol. The van der Waals surface area contributed by atoms with Crippen molar-refractivity contribution in [2.75, 3.05) is 36.4 Å². The van der Waals surface area contributed by atoms with Gasteiger partial charge >= 0.3 is 6.03 Å². The maximum absolute atomic E-state index is 12.9. The minimum atomic E-state index is -3.60. The lowest BCUT2D eigenvalue weighted by Gasteiger charge is -2.25. The summed E-state index contributed by atoms with van der Waals surface area (Å²) >= 11 is 0. The number of piperidine rings is 1.